The van der Waals surface area contributed by atoms with Crippen molar-refractivity contribution in [2.24, 2.45) is 0 Å². The predicted molar refractivity (Wildman–Crippen MR) is 73.9 cm³/mol. The van der Waals surface area contributed by atoms with E-state index >= 15 is 0 Å². The van der Waals surface area contributed by atoms with E-state index in [1.807, 2.05) is 30.3 Å². The lowest BCUT2D eigenvalue weighted by molar-refractivity contribution is 0.627. The number of aromatic nitrogens is 2. The van der Waals surface area contributed by atoms with E-state index < -0.39 is 11.1 Å². The molecule has 0 atom stereocenters. The van der Waals surface area contributed by atoms with Crippen LogP contribution in [0, 0.1) is 12.3 Å². The molecule has 0 N–H and O–H groups in total. The van der Waals surface area contributed by atoms with E-state index in [9.17, 15) is 9.59 Å². The summed E-state index contributed by atoms with van der Waals surface area (Å²) < 4.78 is 2.66. The number of terminal acetylenes is 1. The molecule has 2 rings (SSSR count). The van der Waals surface area contributed by atoms with E-state index in [4.69, 9.17) is 6.42 Å². The van der Waals surface area contributed by atoms with Gasteiger partial charge in [-0.15, -0.1) is 6.42 Å². The molecule has 0 aliphatic carbocycles. The highest BCUT2D eigenvalue weighted by molar-refractivity contribution is 5.14. The molecule has 4 nitrogen and oxygen atoms in total. The molecule has 2 aromatic rings. The monoisotopic (exact) mass is 254 g/mol. The average molecular weight is 254 g/mol. The Hall–Kier alpha value is -2.54. The largest absolute Gasteiger partial charge is 0.317 e. The maximum atomic E-state index is 11.8. The molecule has 0 fully saturated rings. The molecule has 0 bridgehead atoms. The van der Waals surface area contributed by atoms with Crippen LogP contribution in [-0.4, -0.2) is 9.13 Å². The van der Waals surface area contributed by atoms with Gasteiger partial charge >= 0.3 is 11.1 Å². The normalized spacial score (nSPS) is 10.1. The minimum atomic E-state index is -0.575. The molecule has 1 heterocycles. The van der Waals surface area contributed by atoms with Crippen LogP contribution in [-0.2, 0) is 19.5 Å². The van der Waals surface area contributed by atoms with Crippen LogP contribution in [0.25, 0.3) is 0 Å². The fourth-order valence-corrected chi connectivity index (χ4v) is 1.84. The number of hydrogen-bond donors (Lipinski definition) is 0. The molecule has 96 valence electrons. The molecule has 1 aromatic carbocycles. The van der Waals surface area contributed by atoms with Crippen LogP contribution in [0.4, 0.5) is 0 Å². The number of rotatable bonds is 4. The van der Waals surface area contributed by atoms with Gasteiger partial charge in [-0.1, -0.05) is 36.3 Å². The molecule has 0 radical (unpaired) electrons. The van der Waals surface area contributed by atoms with Crippen LogP contribution in [0.2, 0.25) is 0 Å². The fourth-order valence-electron chi connectivity index (χ4n) is 1.84. The third-order valence-corrected chi connectivity index (χ3v) is 2.88. The smallest absolute Gasteiger partial charge is 0.309 e. The Balaban J connectivity index is 2.19. The first-order valence-corrected chi connectivity index (χ1v) is 5.99. The first-order chi connectivity index (χ1) is 9.22. The topological polar surface area (TPSA) is 44.0 Å². The minimum Gasteiger partial charge on any atom is -0.309 e. The highest BCUT2D eigenvalue weighted by Crippen LogP contribution is 2.00. The van der Waals surface area contributed by atoms with Crippen molar-refractivity contribution in [2.45, 2.75) is 19.5 Å². The molecule has 4 heteroatoms. The first-order valence-electron chi connectivity index (χ1n) is 5.99. The van der Waals surface area contributed by atoms with E-state index in [0.717, 1.165) is 5.56 Å². The Morgan fingerprint density at radius 3 is 2.32 bits per heavy atom. The molecule has 0 aliphatic heterocycles. The maximum Gasteiger partial charge on any atom is 0.317 e. The van der Waals surface area contributed by atoms with Crippen molar-refractivity contribution >= 4 is 0 Å². The van der Waals surface area contributed by atoms with Crippen LogP contribution in [0.15, 0.2) is 52.3 Å². The molecule has 1 aromatic heterocycles. The van der Waals surface area contributed by atoms with Crippen molar-refractivity contribution < 1.29 is 0 Å². The molecule has 0 amide bonds. The van der Waals surface area contributed by atoms with Crippen molar-refractivity contribution in [1.29, 1.82) is 0 Å². The third kappa shape index (κ3) is 3.02. The van der Waals surface area contributed by atoms with Crippen molar-refractivity contribution in [3.8, 4) is 12.3 Å². The molecule has 0 saturated carbocycles. The molecule has 0 unspecified atom stereocenters. The summed E-state index contributed by atoms with van der Waals surface area (Å²) in [4.78, 5) is 23.6. The molecule has 0 aliphatic rings. The van der Waals surface area contributed by atoms with Gasteiger partial charge in [0.05, 0.1) is 6.54 Å². The van der Waals surface area contributed by atoms with Gasteiger partial charge in [-0.05, 0) is 12.0 Å². The highest BCUT2D eigenvalue weighted by atomic mass is 16.2. The lowest BCUT2D eigenvalue weighted by Gasteiger charge is -2.07. The molecular formula is C15H14N2O2. The van der Waals surface area contributed by atoms with Crippen molar-refractivity contribution in [2.75, 3.05) is 0 Å². The van der Waals surface area contributed by atoms with Crippen molar-refractivity contribution in [3.63, 3.8) is 0 Å². The van der Waals surface area contributed by atoms with Crippen LogP contribution >= 0.6 is 0 Å². The van der Waals surface area contributed by atoms with Gasteiger partial charge in [0.15, 0.2) is 0 Å². The van der Waals surface area contributed by atoms with E-state index in [2.05, 4.69) is 5.92 Å². The van der Waals surface area contributed by atoms with Crippen LogP contribution in [0.5, 0.6) is 0 Å². The van der Waals surface area contributed by atoms with Gasteiger partial charge in [0, 0.05) is 18.9 Å². The van der Waals surface area contributed by atoms with Gasteiger partial charge < -0.3 is 4.57 Å². The second-order valence-corrected chi connectivity index (χ2v) is 4.17. The van der Waals surface area contributed by atoms with E-state index in [1.54, 1.807) is 12.4 Å². The van der Waals surface area contributed by atoms with E-state index in [-0.39, 0.29) is 6.54 Å². The van der Waals surface area contributed by atoms with Gasteiger partial charge in [0.1, 0.15) is 0 Å². The van der Waals surface area contributed by atoms with Gasteiger partial charge in [-0.25, -0.2) is 0 Å². The number of hydrogen-bond acceptors (Lipinski definition) is 2. The molecule has 0 spiro atoms. The highest BCUT2D eigenvalue weighted by Gasteiger charge is 2.04. The number of aryl methyl sites for hydroxylation is 2. The predicted octanol–water partition coefficient (Wildman–Crippen LogP) is 0.886. The van der Waals surface area contributed by atoms with Crippen molar-refractivity contribution in [1.82, 2.24) is 9.13 Å². The van der Waals surface area contributed by atoms with Crippen LogP contribution in [0.1, 0.15) is 5.56 Å². The first kappa shape index (κ1) is 12.9. The summed E-state index contributed by atoms with van der Waals surface area (Å²) in [6, 6.07) is 9.82. The third-order valence-electron chi connectivity index (χ3n) is 2.88. The summed E-state index contributed by atoms with van der Waals surface area (Å²) in [5, 5.41) is 0. The summed E-state index contributed by atoms with van der Waals surface area (Å²) in [6.45, 7) is 0.600. The molecule has 0 saturated heterocycles. The lowest BCUT2D eigenvalue weighted by atomic mass is 10.1. The average Bonchev–Trinajstić information content (AvgIpc) is 2.44. The van der Waals surface area contributed by atoms with Crippen molar-refractivity contribution in [3.05, 3.63) is 69.0 Å². The maximum absolute atomic E-state index is 11.8. The van der Waals surface area contributed by atoms with Gasteiger partial charge in [0.25, 0.3) is 0 Å². The Morgan fingerprint density at radius 2 is 1.63 bits per heavy atom. The zero-order valence-corrected chi connectivity index (χ0v) is 10.5. The summed E-state index contributed by atoms with van der Waals surface area (Å²) in [5.41, 5.74) is 0.0180. The lowest BCUT2D eigenvalue weighted by Crippen LogP contribution is -2.40. The zero-order chi connectivity index (χ0) is 13.7. The van der Waals surface area contributed by atoms with E-state index in [0.29, 0.717) is 13.0 Å². The second kappa shape index (κ2) is 5.87. The van der Waals surface area contributed by atoms with E-state index in [1.165, 1.54) is 9.13 Å². The standard InChI is InChI=1S/C15H14N2O2/c1-2-9-16-11-12-17(15(19)14(16)18)10-8-13-6-4-3-5-7-13/h1,3-7,11-12H,8-10H2. The summed E-state index contributed by atoms with van der Waals surface area (Å²) in [5.74, 6) is 2.34. The minimum absolute atomic E-state index is 0.119. The number of nitrogens with zero attached hydrogens (tertiary/aromatic N) is 2. The number of benzene rings is 1. The Morgan fingerprint density at radius 1 is 1.00 bits per heavy atom. The SMILES string of the molecule is C#CCn1ccn(CCc2ccccc2)c(=O)c1=O. The fraction of sp³-hybridized carbons (Fsp3) is 0.200. The summed E-state index contributed by atoms with van der Waals surface area (Å²) in [7, 11) is 0. The zero-order valence-electron chi connectivity index (χ0n) is 10.5. The summed E-state index contributed by atoms with van der Waals surface area (Å²) in [6.07, 6.45) is 8.99. The van der Waals surface area contributed by atoms with Crippen LogP contribution in [0.3, 0.4) is 0 Å². The second-order valence-electron chi connectivity index (χ2n) is 4.17. The molecular weight excluding hydrogens is 240 g/mol. The Bertz CT molecular complexity index is 705. The van der Waals surface area contributed by atoms with Gasteiger partial charge in [0.2, 0.25) is 0 Å². The van der Waals surface area contributed by atoms with Gasteiger partial charge in [-0.3, -0.25) is 14.2 Å². The summed E-state index contributed by atoms with van der Waals surface area (Å²) >= 11 is 0. The quantitative estimate of drug-likeness (QED) is 0.600. The van der Waals surface area contributed by atoms with Crippen LogP contribution < -0.4 is 11.1 Å². The Kier molecular flexibility index (Phi) is 3.99. The van der Waals surface area contributed by atoms with Gasteiger partial charge in [-0.2, -0.15) is 0 Å². The molecule has 19 heavy (non-hydrogen) atoms. The Labute approximate surface area is 110 Å².